The van der Waals surface area contributed by atoms with Crippen molar-refractivity contribution in [1.29, 1.82) is 0 Å². The third kappa shape index (κ3) is 6.26. The number of nitrogens with zero attached hydrogens (tertiary/aromatic N) is 3. The van der Waals surface area contributed by atoms with Crippen molar-refractivity contribution in [1.82, 2.24) is 5.32 Å². The van der Waals surface area contributed by atoms with Gasteiger partial charge in [-0.25, -0.2) is 15.0 Å². The van der Waals surface area contributed by atoms with Crippen molar-refractivity contribution >= 4 is 107 Å². The standard InChI is InChI=1S/C56H40N6O2S3/c1-4-5-10-29(2)42-24-26-45(66-42)55-59-37-15-7-12-31-34(19-22-40(61-55)48(31)37)51-52(63)50(53(51)64-3)33-18-21-39-47-30(33)11-6-14-36(47)57-54(58-39)35-20-23-41-49-32(35)13-8-16-38(49)60-56(62-41)46-27-25-44(67-46)43-17-9-28-65-43/h4-28,30,33,63H,1-3H3,(H,57,58)(H,59,61)(H,60,62)/b5-4-,29-10+. The van der Waals surface area contributed by atoms with Crippen molar-refractivity contribution in [3.63, 3.8) is 0 Å². The summed E-state index contributed by atoms with van der Waals surface area (Å²) in [5.74, 6) is 3.18. The highest BCUT2D eigenvalue weighted by Gasteiger charge is 2.43. The van der Waals surface area contributed by atoms with Crippen LogP contribution in [0.3, 0.4) is 0 Å². The average Bonchev–Trinajstić information content (AvgIpc) is 4.18. The summed E-state index contributed by atoms with van der Waals surface area (Å²) in [5.41, 5.74) is 11.4. The van der Waals surface area contributed by atoms with Crippen LogP contribution in [0.2, 0.25) is 0 Å². The molecule has 7 aromatic rings. The molecular formula is C56H40N6O2S3. The number of nitrogens with one attached hydrogen (secondary N) is 3. The molecule has 0 saturated heterocycles. The highest BCUT2D eigenvalue weighted by atomic mass is 32.1. The zero-order chi connectivity index (χ0) is 44.9. The molecule has 324 valence electrons. The van der Waals surface area contributed by atoms with Gasteiger partial charge >= 0.3 is 0 Å². The second kappa shape index (κ2) is 15.5. The number of allylic oxidation sites excluding steroid dienone is 12. The molecule has 3 aliphatic heterocycles. The van der Waals surface area contributed by atoms with Gasteiger partial charge in [0.15, 0.2) is 0 Å². The van der Waals surface area contributed by atoms with Crippen molar-refractivity contribution in [3.8, 4) is 9.75 Å². The Balaban J connectivity index is 0.804. The lowest BCUT2D eigenvalue weighted by Gasteiger charge is -2.39. The summed E-state index contributed by atoms with van der Waals surface area (Å²) in [5, 5.41) is 29.4. The van der Waals surface area contributed by atoms with Crippen LogP contribution in [0.4, 0.5) is 22.7 Å². The molecule has 2 atom stereocenters. The molecule has 3 aromatic heterocycles. The Labute approximate surface area is 398 Å². The van der Waals surface area contributed by atoms with Gasteiger partial charge in [-0.3, -0.25) is 0 Å². The van der Waals surface area contributed by atoms with Gasteiger partial charge < -0.3 is 25.8 Å². The van der Waals surface area contributed by atoms with E-state index in [1.165, 1.54) is 20.2 Å². The van der Waals surface area contributed by atoms with Crippen LogP contribution < -0.4 is 16.0 Å². The van der Waals surface area contributed by atoms with E-state index >= 15 is 0 Å². The van der Waals surface area contributed by atoms with E-state index < -0.39 is 0 Å². The van der Waals surface area contributed by atoms with E-state index in [9.17, 15) is 5.11 Å². The van der Waals surface area contributed by atoms with Crippen LogP contribution in [-0.2, 0) is 4.74 Å². The largest absolute Gasteiger partial charge is 0.507 e. The first-order valence-corrected chi connectivity index (χ1v) is 24.7. The van der Waals surface area contributed by atoms with Gasteiger partial charge in [0, 0.05) is 71.0 Å². The minimum atomic E-state index is -0.166. The van der Waals surface area contributed by atoms with Gasteiger partial charge in [0.2, 0.25) is 0 Å². The maximum Gasteiger partial charge on any atom is 0.148 e. The molecule has 3 aliphatic carbocycles. The molecule has 0 saturated carbocycles. The molecule has 11 heteroatoms. The first-order chi connectivity index (χ1) is 32.9. The number of aliphatic imine (C=N–C) groups is 3. The Bertz CT molecular complexity index is 3690. The minimum absolute atomic E-state index is 0.0686. The molecule has 67 heavy (non-hydrogen) atoms. The van der Waals surface area contributed by atoms with E-state index in [0.29, 0.717) is 11.3 Å². The first-order valence-electron chi connectivity index (χ1n) is 22.2. The molecule has 0 amide bonds. The quantitative estimate of drug-likeness (QED) is 0.108. The van der Waals surface area contributed by atoms with Crippen LogP contribution in [0.5, 0.6) is 0 Å². The van der Waals surface area contributed by atoms with Crippen LogP contribution in [0.15, 0.2) is 200 Å². The summed E-state index contributed by atoms with van der Waals surface area (Å²) < 4.78 is 6.20. The number of aliphatic hydroxyl groups excluding tert-OH is 1. The normalized spacial score (nSPS) is 19.2. The molecule has 4 N–H and O–H groups in total. The number of rotatable bonds is 9. The van der Waals surface area contributed by atoms with Gasteiger partial charge in [0.1, 0.15) is 29.0 Å². The Kier molecular flexibility index (Phi) is 9.21. The Morgan fingerprint density at radius 1 is 0.687 bits per heavy atom. The number of hydrogen-bond acceptors (Lipinski definition) is 11. The maximum atomic E-state index is 12.2. The van der Waals surface area contributed by atoms with E-state index in [1.54, 1.807) is 41.1 Å². The van der Waals surface area contributed by atoms with E-state index in [0.717, 1.165) is 105 Å². The molecule has 0 fully saturated rings. The number of ether oxygens (including phenoxy) is 1. The van der Waals surface area contributed by atoms with Crippen molar-refractivity contribution in [2.75, 3.05) is 17.7 Å². The van der Waals surface area contributed by atoms with Gasteiger partial charge in [0.25, 0.3) is 0 Å². The lowest BCUT2D eigenvalue weighted by atomic mass is 9.69. The fourth-order valence-electron chi connectivity index (χ4n) is 10.1. The molecule has 6 aliphatic rings. The lowest BCUT2D eigenvalue weighted by molar-refractivity contribution is 0.277. The molecule has 6 heterocycles. The molecule has 13 rings (SSSR count). The zero-order valence-corrected chi connectivity index (χ0v) is 39.0. The highest BCUT2D eigenvalue weighted by molar-refractivity contribution is 7.22. The highest BCUT2D eigenvalue weighted by Crippen LogP contribution is 2.53. The third-order valence-electron chi connectivity index (χ3n) is 13.2. The summed E-state index contributed by atoms with van der Waals surface area (Å²) in [6.45, 7) is 4.16. The fourth-order valence-corrected chi connectivity index (χ4v) is 12.8. The average molecular weight is 925 g/mol. The van der Waals surface area contributed by atoms with Crippen LogP contribution in [-0.4, -0.2) is 29.7 Å². The summed E-state index contributed by atoms with van der Waals surface area (Å²) in [6.07, 6.45) is 16.9. The van der Waals surface area contributed by atoms with Crippen LogP contribution >= 0.6 is 34.0 Å². The summed E-state index contributed by atoms with van der Waals surface area (Å²) in [4.78, 5) is 21.4. The van der Waals surface area contributed by atoms with Gasteiger partial charge in [-0.2, -0.15) is 0 Å². The molecule has 0 spiro atoms. The summed E-state index contributed by atoms with van der Waals surface area (Å²) in [7, 11) is 1.69. The van der Waals surface area contributed by atoms with Crippen molar-refractivity contribution in [2.45, 2.75) is 13.8 Å². The second-order valence-corrected chi connectivity index (χ2v) is 20.1. The Morgan fingerprint density at radius 2 is 1.39 bits per heavy atom. The smallest absolute Gasteiger partial charge is 0.148 e. The number of hydrogen-bond donors (Lipinski definition) is 4. The topological polar surface area (TPSA) is 103 Å². The zero-order valence-electron chi connectivity index (χ0n) is 36.5. The number of benzene rings is 4. The van der Waals surface area contributed by atoms with E-state index in [4.69, 9.17) is 19.7 Å². The third-order valence-corrected chi connectivity index (χ3v) is 16.6. The monoisotopic (exact) mass is 924 g/mol. The van der Waals surface area contributed by atoms with Crippen LogP contribution in [0, 0.1) is 11.8 Å². The first kappa shape index (κ1) is 39.8. The predicted octanol–water partition coefficient (Wildman–Crippen LogP) is 14.6. The predicted molar refractivity (Wildman–Crippen MR) is 282 cm³/mol. The van der Waals surface area contributed by atoms with Gasteiger partial charge in [-0.15, -0.1) is 34.0 Å². The van der Waals surface area contributed by atoms with Gasteiger partial charge in [-0.1, -0.05) is 72.9 Å². The van der Waals surface area contributed by atoms with E-state index in [-0.39, 0.29) is 17.6 Å². The number of anilines is 2. The number of aliphatic hydroxyl groups is 1. The van der Waals surface area contributed by atoms with Gasteiger partial charge in [-0.05, 0) is 114 Å². The van der Waals surface area contributed by atoms with Gasteiger partial charge in [0.05, 0.1) is 39.5 Å². The van der Waals surface area contributed by atoms with Crippen molar-refractivity contribution < 1.29 is 9.84 Å². The second-order valence-electron chi connectivity index (χ2n) is 17.0. The molecule has 8 nitrogen and oxygen atoms in total. The maximum absolute atomic E-state index is 12.2. The summed E-state index contributed by atoms with van der Waals surface area (Å²) in [6, 6.07) is 33.8. The molecular weight excluding hydrogens is 885 g/mol. The molecule has 4 aromatic carbocycles. The summed E-state index contributed by atoms with van der Waals surface area (Å²) >= 11 is 5.22. The number of thiophene rings is 3. The Hall–Kier alpha value is -7.57. The van der Waals surface area contributed by atoms with E-state index in [2.05, 4.69) is 162 Å². The van der Waals surface area contributed by atoms with Crippen LogP contribution in [0.1, 0.15) is 39.6 Å². The fraction of sp³-hybridized carbons (Fsp3) is 0.0893. The SMILES string of the molecule is C/C=C\C=C(/C)c1ccc(C2=Nc3cccc4c(C5=C(O)C(C6C=CC7=C8C(=CC=CC86)NC(c6ccc8c9c(cccc69)N=C(c6ccc(-c9cccs9)s6)N8)=N7)=C5OC)ccc(c34)N2)s1. The van der Waals surface area contributed by atoms with E-state index in [1.807, 2.05) is 19.1 Å². The van der Waals surface area contributed by atoms with Crippen LogP contribution in [0.25, 0.3) is 42.4 Å². The number of methoxy groups -OCH3 is 1. The minimum Gasteiger partial charge on any atom is -0.507 e. The molecule has 0 bridgehead atoms. The number of amidine groups is 3. The molecule has 0 radical (unpaired) electrons. The van der Waals surface area contributed by atoms with Crippen molar-refractivity contribution in [3.05, 3.63) is 211 Å². The lowest BCUT2D eigenvalue weighted by Crippen LogP contribution is -2.36. The van der Waals surface area contributed by atoms with Crippen molar-refractivity contribution in [2.24, 2.45) is 26.8 Å². The Morgan fingerprint density at radius 3 is 2.12 bits per heavy atom. The molecule has 2 unspecified atom stereocenters.